The van der Waals surface area contributed by atoms with Gasteiger partial charge in [-0.1, -0.05) is 30.3 Å². The molecule has 6 nitrogen and oxygen atoms in total. The monoisotopic (exact) mass is 398 g/mol. The Kier molecular flexibility index (Phi) is 5.30. The average molecular weight is 398 g/mol. The SMILES string of the molecule is O=C(/C=C/c1ccc(S(=O)(=O)N2CCOCC2)cc1)N1CCc2ccccc21. The van der Waals surface area contributed by atoms with Crippen LogP contribution in [0, 0.1) is 0 Å². The molecule has 2 aromatic carbocycles. The molecule has 4 rings (SSSR count). The fourth-order valence-electron chi connectivity index (χ4n) is 3.51. The molecule has 0 aromatic heterocycles. The highest BCUT2D eigenvalue weighted by Gasteiger charge is 2.26. The van der Waals surface area contributed by atoms with Gasteiger partial charge in [0.25, 0.3) is 5.91 Å². The molecule has 2 aromatic rings. The van der Waals surface area contributed by atoms with Gasteiger partial charge in [0, 0.05) is 31.4 Å². The van der Waals surface area contributed by atoms with Crippen LogP contribution in [0.5, 0.6) is 0 Å². The molecule has 7 heteroatoms. The van der Waals surface area contributed by atoms with Crippen LogP contribution >= 0.6 is 0 Å². The van der Waals surface area contributed by atoms with Crippen LogP contribution in [-0.4, -0.2) is 51.5 Å². The second kappa shape index (κ2) is 7.87. The van der Waals surface area contributed by atoms with Crippen LogP contribution in [0.15, 0.2) is 59.5 Å². The van der Waals surface area contributed by atoms with Gasteiger partial charge in [-0.2, -0.15) is 4.31 Å². The maximum Gasteiger partial charge on any atom is 0.251 e. The molecule has 28 heavy (non-hydrogen) atoms. The summed E-state index contributed by atoms with van der Waals surface area (Å²) < 4.78 is 32.0. The Balaban J connectivity index is 1.45. The fourth-order valence-corrected chi connectivity index (χ4v) is 4.92. The summed E-state index contributed by atoms with van der Waals surface area (Å²) in [7, 11) is -3.50. The van der Waals surface area contributed by atoms with Gasteiger partial charge < -0.3 is 9.64 Å². The van der Waals surface area contributed by atoms with E-state index in [9.17, 15) is 13.2 Å². The Hall–Kier alpha value is -2.48. The molecule has 146 valence electrons. The number of carbonyl (C=O) groups is 1. The Morgan fingerprint density at radius 1 is 0.964 bits per heavy atom. The van der Waals surface area contributed by atoms with Crippen LogP contribution in [0.2, 0.25) is 0 Å². The molecule has 0 N–H and O–H groups in total. The first-order valence-corrected chi connectivity index (χ1v) is 10.8. The van der Waals surface area contributed by atoms with Crippen molar-refractivity contribution in [3.63, 3.8) is 0 Å². The number of para-hydroxylation sites is 1. The van der Waals surface area contributed by atoms with Crippen LogP contribution in [0.4, 0.5) is 5.69 Å². The molecular formula is C21H22N2O4S. The number of sulfonamides is 1. The number of ether oxygens (including phenoxy) is 1. The number of fused-ring (bicyclic) bond motifs is 1. The van der Waals surface area contributed by atoms with E-state index in [2.05, 4.69) is 0 Å². The van der Waals surface area contributed by atoms with Crippen LogP contribution in [-0.2, 0) is 26.0 Å². The van der Waals surface area contributed by atoms with Gasteiger partial charge in [-0.15, -0.1) is 0 Å². The number of morpholine rings is 1. The Labute approximate surface area is 165 Å². The number of hydrogen-bond acceptors (Lipinski definition) is 4. The van der Waals surface area contributed by atoms with Crippen molar-refractivity contribution in [1.82, 2.24) is 4.31 Å². The number of hydrogen-bond donors (Lipinski definition) is 0. The second-order valence-corrected chi connectivity index (χ2v) is 8.73. The van der Waals surface area contributed by atoms with E-state index in [0.29, 0.717) is 32.8 Å². The number of carbonyl (C=O) groups excluding carboxylic acids is 1. The van der Waals surface area contributed by atoms with Crippen molar-refractivity contribution >= 4 is 27.7 Å². The van der Waals surface area contributed by atoms with E-state index in [1.54, 1.807) is 35.2 Å². The van der Waals surface area contributed by atoms with Crippen molar-refractivity contribution < 1.29 is 17.9 Å². The van der Waals surface area contributed by atoms with Crippen molar-refractivity contribution in [3.05, 3.63) is 65.7 Å². The van der Waals surface area contributed by atoms with Gasteiger partial charge in [-0.05, 0) is 41.8 Å². The average Bonchev–Trinajstić information content (AvgIpc) is 3.17. The molecule has 0 radical (unpaired) electrons. The number of anilines is 1. The minimum atomic E-state index is -3.50. The van der Waals surface area contributed by atoms with Crippen LogP contribution in [0.3, 0.4) is 0 Å². The second-order valence-electron chi connectivity index (χ2n) is 6.79. The lowest BCUT2D eigenvalue weighted by atomic mass is 10.2. The third-order valence-corrected chi connectivity index (χ3v) is 6.97. The molecular weight excluding hydrogens is 376 g/mol. The van der Waals surface area contributed by atoms with E-state index < -0.39 is 10.0 Å². The summed E-state index contributed by atoms with van der Waals surface area (Å²) in [5.41, 5.74) is 2.92. The number of rotatable bonds is 4. The lowest BCUT2D eigenvalue weighted by Gasteiger charge is -2.26. The van der Waals surface area contributed by atoms with Gasteiger partial charge in [-0.3, -0.25) is 4.79 Å². The lowest BCUT2D eigenvalue weighted by molar-refractivity contribution is -0.114. The Bertz CT molecular complexity index is 993. The topological polar surface area (TPSA) is 66.9 Å². The van der Waals surface area contributed by atoms with Gasteiger partial charge >= 0.3 is 0 Å². The van der Waals surface area contributed by atoms with Crippen molar-refractivity contribution in [2.75, 3.05) is 37.7 Å². The first kappa shape index (κ1) is 18.9. The highest BCUT2D eigenvalue weighted by molar-refractivity contribution is 7.89. The Morgan fingerprint density at radius 3 is 2.43 bits per heavy atom. The molecule has 0 aliphatic carbocycles. The van der Waals surface area contributed by atoms with Gasteiger partial charge in [0.2, 0.25) is 10.0 Å². The zero-order valence-electron chi connectivity index (χ0n) is 15.5. The van der Waals surface area contributed by atoms with Crippen molar-refractivity contribution in [1.29, 1.82) is 0 Å². The van der Waals surface area contributed by atoms with E-state index in [4.69, 9.17) is 4.74 Å². The maximum absolute atomic E-state index is 12.6. The smallest absolute Gasteiger partial charge is 0.251 e. The molecule has 1 amide bonds. The zero-order valence-corrected chi connectivity index (χ0v) is 16.3. The molecule has 2 heterocycles. The largest absolute Gasteiger partial charge is 0.379 e. The summed E-state index contributed by atoms with van der Waals surface area (Å²) >= 11 is 0. The number of amides is 1. The van der Waals surface area contributed by atoms with Gasteiger partial charge in [0.15, 0.2) is 0 Å². The third kappa shape index (κ3) is 3.73. The molecule has 2 aliphatic heterocycles. The maximum atomic E-state index is 12.6. The molecule has 0 saturated carbocycles. The van der Waals surface area contributed by atoms with Crippen molar-refractivity contribution in [2.45, 2.75) is 11.3 Å². The van der Waals surface area contributed by atoms with Crippen LogP contribution < -0.4 is 4.90 Å². The molecule has 0 unspecified atom stereocenters. The minimum Gasteiger partial charge on any atom is -0.379 e. The minimum absolute atomic E-state index is 0.0741. The lowest BCUT2D eigenvalue weighted by Crippen LogP contribution is -2.40. The molecule has 0 spiro atoms. The summed E-state index contributed by atoms with van der Waals surface area (Å²) in [5.74, 6) is -0.0741. The van der Waals surface area contributed by atoms with E-state index in [1.165, 1.54) is 15.9 Å². The third-order valence-electron chi connectivity index (χ3n) is 5.06. The zero-order chi connectivity index (χ0) is 19.6. The first-order chi connectivity index (χ1) is 13.6. The van der Waals surface area contributed by atoms with Crippen molar-refractivity contribution in [3.8, 4) is 0 Å². The molecule has 1 saturated heterocycles. The fraction of sp³-hybridized carbons (Fsp3) is 0.286. The molecule has 2 aliphatic rings. The first-order valence-electron chi connectivity index (χ1n) is 9.31. The van der Waals surface area contributed by atoms with E-state index >= 15 is 0 Å². The predicted octanol–water partition coefficient (Wildman–Crippen LogP) is 2.31. The quantitative estimate of drug-likeness (QED) is 0.742. The Morgan fingerprint density at radius 2 is 1.68 bits per heavy atom. The summed E-state index contributed by atoms with van der Waals surface area (Å²) in [4.78, 5) is 14.6. The number of benzene rings is 2. The van der Waals surface area contributed by atoms with Crippen molar-refractivity contribution in [2.24, 2.45) is 0 Å². The van der Waals surface area contributed by atoms with Gasteiger partial charge in [0.1, 0.15) is 0 Å². The molecule has 0 atom stereocenters. The van der Waals surface area contributed by atoms with Gasteiger partial charge in [0.05, 0.1) is 18.1 Å². The highest BCUT2D eigenvalue weighted by atomic mass is 32.2. The highest BCUT2D eigenvalue weighted by Crippen LogP contribution is 2.27. The standard InChI is InChI=1S/C21H22N2O4S/c24-21(23-12-11-18-3-1-2-4-20(18)23)10-7-17-5-8-19(9-6-17)28(25,26)22-13-15-27-16-14-22/h1-10H,11-16H2/b10-7+. The van der Waals surface area contributed by atoms with Gasteiger partial charge in [-0.25, -0.2) is 8.42 Å². The van der Waals surface area contributed by atoms with E-state index in [1.807, 2.05) is 24.3 Å². The molecule has 0 bridgehead atoms. The van der Waals surface area contributed by atoms with Crippen LogP contribution in [0.1, 0.15) is 11.1 Å². The predicted molar refractivity (Wildman–Crippen MR) is 108 cm³/mol. The summed E-state index contributed by atoms with van der Waals surface area (Å²) in [5, 5.41) is 0. The molecule has 1 fully saturated rings. The van der Waals surface area contributed by atoms with Crippen LogP contribution in [0.25, 0.3) is 6.08 Å². The van der Waals surface area contributed by atoms with E-state index in [0.717, 1.165) is 17.7 Å². The summed E-state index contributed by atoms with van der Waals surface area (Å²) in [6, 6.07) is 14.5. The van der Waals surface area contributed by atoms with E-state index in [-0.39, 0.29) is 10.8 Å². The number of nitrogens with zero attached hydrogens (tertiary/aromatic N) is 2. The summed E-state index contributed by atoms with van der Waals surface area (Å²) in [6.07, 6.45) is 4.12. The normalized spacial score (nSPS) is 17.8. The summed E-state index contributed by atoms with van der Waals surface area (Å²) in [6.45, 7) is 2.26.